The minimum atomic E-state index is -0.619. The van der Waals surface area contributed by atoms with E-state index in [9.17, 15) is 14.0 Å². The van der Waals surface area contributed by atoms with Crippen molar-refractivity contribution in [2.75, 3.05) is 21.3 Å². The van der Waals surface area contributed by atoms with Crippen LogP contribution in [0, 0.1) is 5.82 Å². The lowest BCUT2D eigenvalue weighted by Crippen LogP contribution is -2.08. The molecule has 0 bridgehead atoms. The third-order valence-corrected chi connectivity index (χ3v) is 3.37. The molecular weight excluding hydrogens is 331 g/mol. The monoisotopic (exact) mass is 348 g/mol. The van der Waals surface area contributed by atoms with E-state index in [1.54, 1.807) is 6.07 Å². The van der Waals surface area contributed by atoms with Crippen molar-refractivity contribution in [2.45, 2.75) is 6.61 Å². The Kier molecular flexibility index (Phi) is 5.94. The van der Waals surface area contributed by atoms with Gasteiger partial charge in [0.2, 0.25) is 0 Å². The fraction of sp³-hybridized carbons (Fsp3) is 0.222. The minimum absolute atomic E-state index is 0.0339. The standard InChI is InChI=1S/C18H17FO6/c1-22-16-5-4-11(6-15(16)19)10-25-14-8-12(17(20)23-2)7-13(9-14)18(21)24-3/h4-9H,10H2,1-3H3. The quantitative estimate of drug-likeness (QED) is 0.748. The van der Waals surface area contributed by atoms with E-state index >= 15 is 0 Å². The van der Waals surface area contributed by atoms with Crippen LogP contribution in [0.3, 0.4) is 0 Å². The molecule has 0 saturated heterocycles. The summed E-state index contributed by atoms with van der Waals surface area (Å²) in [5.74, 6) is -1.37. The molecule has 132 valence electrons. The first-order valence-corrected chi connectivity index (χ1v) is 7.25. The smallest absolute Gasteiger partial charge is 0.338 e. The van der Waals surface area contributed by atoms with Crippen molar-refractivity contribution in [2.24, 2.45) is 0 Å². The minimum Gasteiger partial charge on any atom is -0.494 e. The van der Waals surface area contributed by atoms with E-state index in [2.05, 4.69) is 9.47 Å². The van der Waals surface area contributed by atoms with Gasteiger partial charge in [0, 0.05) is 0 Å². The topological polar surface area (TPSA) is 71.1 Å². The van der Waals surface area contributed by atoms with E-state index in [-0.39, 0.29) is 29.2 Å². The fourth-order valence-corrected chi connectivity index (χ4v) is 2.12. The zero-order valence-electron chi connectivity index (χ0n) is 14.0. The van der Waals surface area contributed by atoms with Crippen LogP contribution in [0.4, 0.5) is 4.39 Å². The Labute approximate surface area is 144 Å². The first-order valence-electron chi connectivity index (χ1n) is 7.25. The number of carbonyl (C=O) groups is 2. The molecule has 0 radical (unpaired) electrons. The molecule has 0 amide bonds. The normalized spacial score (nSPS) is 10.1. The average molecular weight is 348 g/mol. The van der Waals surface area contributed by atoms with Crippen LogP contribution in [-0.4, -0.2) is 33.3 Å². The highest BCUT2D eigenvalue weighted by molar-refractivity contribution is 5.96. The molecule has 0 saturated carbocycles. The van der Waals surface area contributed by atoms with Gasteiger partial charge in [-0.25, -0.2) is 14.0 Å². The second-order valence-electron chi connectivity index (χ2n) is 4.99. The number of esters is 2. The van der Waals surface area contributed by atoms with Crippen molar-refractivity contribution in [3.63, 3.8) is 0 Å². The zero-order chi connectivity index (χ0) is 18.4. The maximum Gasteiger partial charge on any atom is 0.338 e. The number of benzene rings is 2. The van der Waals surface area contributed by atoms with Gasteiger partial charge in [0.1, 0.15) is 12.4 Å². The van der Waals surface area contributed by atoms with Gasteiger partial charge in [0.15, 0.2) is 11.6 Å². The van der Waals surface area contributed by atoms with Crippen LogP contribution in [0.1, 0.15) is 26.3 Å². The van der Waals surface area contributed by atoms with Crippen molar-refractivity contribution in [1.29, 1.82) is 0 Å². The fourth-order valence-electron chi connectivity index (χ4n) is 2.12. The second kappa shape index (κ2) is 8.14. The maximum atomic E-state index is 13.7. The van der Waals surface area contributed by atoms with E-state index in [1.807, 2.05) is 0 Å². The Morgan fingerprint density at radius 3 is 2.00 bits per heavy atom. The molecule has 2 aromatic rings. The predicted molar refractivity (Wildman–Crippen MR) is 86.4 cm³/mol. The molecule has 0 aromatic heterocycles. The number of methoxy groups -OCH3 is 3. The third kappa shape index (κ3) is 4.47. The second-order valence-corrected chi connectivity index (χ2v) is 4.99. The molecule has 25 heavy (non-hydrogen) atoms. The van der Waals surface area contributed by atoms with Gasteiger partial charge in [-0.1, -0.05) is 6.07 Å². The first kappa shape index (κ1) is 18.3. The molecule has 0 fully saturated rings. The summed E-state index contributed by atoms with van der Waals surface area (Å²) in [5, 5.41) is 0. The third-order valence-electron chi connectivity index (χ3n) is 3.37. The van der Waals surface area contributed by atoms with Crippen molar-refractivity contribution >= 4 is 11.9 Å². The highest BCUT2D eigenvalue weighted by Gasteiger charge is 2.14. The molecule has 0 atom stereocenters. The van der Waals surface area contributed by atoms with Crippen LogP contribution in [0.25, 0.3) is 0 Å². The van der Waals surface area contributed by atoms with Gasteiger partial charge >= 0.3 is 11.9 Å². The van der Waals surface area contributed by atoms with Gasteiger partial charge in [-0.15, -0.1) is 0 Å². The largest absolute Gasteiger partial charge is 0.494 e. The highest BCUT2D eigenvalue weighted by Crippen LogP contribution is 2.22. The van der Waals surface area contributed by atoms with Crippen LogP contribution in [0.15, 0.2) is 36.4 Å². The summed E-state index contributed by atoms with van der Waals surface area (Å²) in [7, 11) is 3.84. The van der Waals surface area contributed by atoms with Gasteiger partial charge in [0.05, 0.1) is 32.5 Å². The number of carbonyl (C=O) groups excluding carboxylic acids is 2. The molecule has 0 unspecified atom stereocenters. The lowest BCUT2D eigenvalue weighted by molar-refractivity contribution is 0.0598. The molecule has 0 aliphatic heterocycles. The molecule has 6 nitrogen and oxygen atoms in total. The van der Waals surface area contributed by atoms with Crippen LogP contribution >= 0.6 is 0 Å². The van der Waals surface area contributed by atoms with E-state index in [0.717, 1.165) is 0 Å². The summed E-state index contributed by atoms with van der Waals surface area (Å²) in [6, 6.07) is 8.62. The van der Waals surface area contributed by atoms with Crippen molar-refractivity contribution in [1.82, 2.24) is 0 Å². The van der Waals surface area contributed by atoms with Crippen LogP contribution < -0.4 is 9.47 Å². The number of halogens is 1. The summed E-state index contributed by atoms with van der Waals surface area (Å²) in [5.41, 5.74) is 0.837. The highest BCUT2D eigenvalue weighted by atomic mass is 19.1. The number of hydrogen-bond donors (Lipinski definition) is 0. The Hall–Kier alpha value is -3.09. The van der Waals surface area contributed by atoms with Crippen LogP contribution in [0.5, 0.6) is 11.5 Å². The van der Waals surface area contributed by atoms with E-state index in [1.165, 1.54) is 51.7 Å². The molecule has 2 rings (SSSR count). The summed E-state index contributed by atoms with van der Waals surface area (Å²) in [4.78, 5) is 23.4. The number of rotatable bonds is 6. The molecule has 7 heteroatoms. The predicted octanol–water partition coefficient (Wildman–Crippen LogP) is 2.99. The van der Waals surface area contributed by atoms with Gasteiger partial charge < -0.3 is 18.9 Å². The molecule has 0 aliphatic carbocycles. The molecule has 2 aromatic carbocycles. The average Bonchev–Trinajstić information content (AvgIpc) is 2.64. The Morgan fingerprint density at radius 1 is 0.920 bits per heavy atom. The molecular formula is C18H17FO6. The first-order chi connectivity index (χ1) is 12.0. The molecule has 0 N–H and O–H groups in total. The number of ether oxygens (including phenoxy) is 4. The SMILES string of the molecule is COC(=O)c1cc(OCc2ccc(OC)c(F)c2)cc(C(=O)OC)c1. The van der Waals surface area contributed by atoms with Crippen molar-refractivity contribution in [3.8, 4) is 11.5 Å². The van der Waals surface area contributed by atoms with Gasteiger partial charge in [-0.3, -0.25) is 0 Å². The molecule has 0 heterocycles. The Morgan fingerprint density at radius 2 is 1.52 bits per heavy atom. The van der Waals surface area contributed by atoms with E-state index in [0.29, 0.717) is 5.56 Å². The van der Waals surface area contributed by atoms with Gasteiger partial charge in [-0.2, -0.15) is 0 Å². The molecule has 0 aliphatic rings. The summed E-state index contributed by atoms with van der Waals surface area (Å²) in [6.07, 6.45) is 0. The van der Waals surface area contributed by atoms with Gasteiger partial charge in [-0.05, 0) is 35.9 Å². The Bertz CT molecular complexity index is 753. The molecule has 0 spiro atoms. The lowest BCUT2D eigenvalue weighted by atomic mass is 10.1. The summed E-state index contributed by atoms with van der Waals surface area (Å²) < 4.78 is 33.4. The summed E-state index contributed by atoms with van der Waals surface area (Å²) in [6.45, 7) is 0.0339. The zero-order valence-corrected chi connectivity index (χ0v) is 14.0. The van der Waals surface area contributed by atoms with Crippen molar-refractivity contribution in [3.05, 3.63) is 58.9 Å². The maximum absolute atomic E-state index is 13.7. The lowest BCUT2D eigenvalue weighted by Gasteiger charge is -2.11. The van der Waals surface area contributed by atoms with E-state index in [4.69, 9.17) is 9.47 Å². The number of hydrogen-bond acceptors (Lipinski definition) is 6. The van der Waals surface area contributed by atoms with Crippen molar-refractivity contribution < 1.29 is 32.9 Å². The van der Waals surface area contributed by atoms with Crippen LogP contribution in [-0.2, 0) is 16.1 Å². The summed E-state index contributed by atoms with van der Waals surface area (Å²) >= 11 is 0. The van der Waals surface area contributed by atoms with E-state index < -0.39 is 17.8 Å². The Balaban J connectivity index is 2.24. The van der Waals surface area contributed by atoms with Crippen LogP contribution in [0.2, 0.25) is 0 Å². The van der Waals surface area contributed by atoms with Gasteiger partial charge in [0.25, 0.3) is 0 Å².